The summed E-state index contributed by atoms with van der Waals surface area (Å²) < 4.78 is 16.8. The Morgan fingerprint density at radius 1 is 1.20 bits per heavy atom. The Bertz CT molecular complexity index is 1220. The zero-order chi connectivity index (χ0) is 24.9. The van der Waals surface area contributed by atoms with Gasteiger partial charge in [0.1, 0.15) is 18.4 Å². The van der Waals surface area contributed by atoms with Crippen LogP contribution in [0.25, 0.3) is 5.69 Å². The number of Topliss-reactive ketones (excluding diaryl/α,β-unsaturated/α-hetero) is 1. The summed E-state index contributed by atoms with van der Waals surface area (Å²) in [4.78, 5) is 38.3. The van der Waals surface area contributed by atoms with Crippen molar-refractivity contribution in [3.8, 4) is 17.4 Å². The molecule has 2 aromatic carbocycles. The van der Waals surface area contributed by atoms with Crippen LogP contribution in [-0.4, -0.2) is 54.1 Å². The lowest BCUT2D eigenvalue weighted by Crippen LogP contribution is -2.50. The second kappa shape index (κ2) is 10.3. The number of hydrogen-bond donors (Lipinski definition) is 1. The van der Waals surface area contributed by atoms with Gasteiger partial charge in [0.2, 0.25) is 11.6 Å². The third-order valence-electron chi connectivity index (χ3n) is 5.57. The molecule has 11 heteroatoms. The van der Waals surface area contributed by atoms with Crippen molar-refractivity contribution in [1.82, 2.24) is 10.2 Å². The lowest BCUT2D eigenvalue weighted by atomic mass is 10.1. The van der Waals surface area contributed by atoms with E-state index in [-0.39, 0.29) is 37.6 Å². The zero-order valence-electron chi connectivity index (χ0n) is 19.2. The quantitative estimate of drug-likeness (QED) is 0.372. The Morgan fingerprint density at radius 3 is 2.57 bits per heavy atom. The average Bonchev–Trinajstić information content (AvgIpc) is 3.22. The number of hydrogen-bond acceptors (Lipinski definition) is 8. The summed E-state index contributed by atoms with van der Waals surface area (Å²) in [5.41, 5.74) is 1.77. The number of carbonyl (C=O) groups excluding carboxylic acids is 3. The maximum absolute atomic E-state index is 13.0. The normalized spacial score (nSPS) is 15.7. The summed E-state index contributed by atoms with van der Waals surface area (Å²) in [6.45, 7) is 1.86. The number of benzene rings is 2. The largest absolute Gasteiger partial charge is 0.539 e. The minimum atomic E-state index is -0.996. The molecule has 1 unspecified atom stereocenters. The van der Waals surface area contributed by atoms with E-state index in [0.717, 1.165) is 0 Å². The van der Waals surface area contributed by atoms with Gasteiger partial charge in [0, 0.05) is 29.9 Å². The van der Waals surface area contributed by atoms with E-state index in [1.165, 1.54) is 16.5 Å². The van der Waals surface area contributed by atoms with Gasteiger partial charge in [0.05, 0.1) is 25.4 Å². The van der Waals surface area contributed by atoms with Crippen molar-refractivity contribution in [2.45, 2.75) is 26.0 Å². The summed E-state index contributed by atoms with van der Waals surface area (Å²) in [6.07, 6.45) is -1.19. The van der Waals surface area contributed by atoms with Crippen molar-refractivity contribution in [3.05, 3.63) is 59.8 Å². The molecule has 1 aromatic heterocycles. The number of ketones is 1. The van der Waals surface area contributed by atoms with E-state index in [2.05, 4.69) is 10.6 Å². The van der Waals surface area contributed by atoms with Crippen molar-refractivity contribution in [2.24, 2.45) is 0 Å². The molecule has 3 aromatic rings. The monoisotopic (exact) mass is 480 g/mol. The van der Waals surface area contributed by atoms with Crippen LogP contribution in [0.4, 0.5) is 5.69 Å². The lowest BCUT2D eigenvalue weighted by Gasteiger charge is -2.31. The number of nitrogens with zero attached hydrogens (tertiary/aromatic N) is 3. The van der Waals surface area contributed by atoms with Gasteiger partial charge in [0.25, 0.3) is 11.6 Å². The highest BCUT2D eigenvalue weighted by Crippen LogP contribution is 2.19. The van der Waals surface area contributed by atoms with Crippen LogP contribution >= 0.6 is 0 Å². The van der Waals surface area contributed by atoms with Crippen LogP contribution in [0.3, 0.4) is 0 Å². The highest BCUT2D eigenvalue weighted by Gasteiger charge is 2.34. The smallest absolute Gasteiger partial charge is 0.259 e. The van der Waals surface area contributed by atoms with Crippen LogP contribution in [0.1, 0.15) is 29.4 Å². The number of aromatic nitrogens is 2. The van der Waals surface area contributed by atoms with Gasteiger partial charge in [-0.15, -0.1) is 0 Å². The Hall–Kier alpha value is -4.25. The van der Waals surface area contributed by atoms with Crippen LogP contribution in [0, 0.1) is 0 Å². The molecule has 0 radical (unpaired) electrons. The van der Waals surface area contributed by atoms with Crippen LogP contribution in [0.15, 0.2) is 53.1 Å². The second-order valence-electron chi connectivity index (χ2n) is 7.92. The van der Waals surface area contributed by atoms with Crippen LogP contribution in [0.2, 0.25) is 0 Å². The van der Waals surface area contributed by atoms with E-state index < -0.39 is 23.9 Å². The molecule has 2 heterocycles. The van der Waals surface area contributed by atoms with Gasteiger partial charge < -0.3 is 29.3 Å². The number of carbonyl (C=O) groups is 3. The Kier molecular flexibility index (Phi) is 7.06. The number of anilines is 1. The van der Waals surface area contributed by atoms with Crippen LogP contribution < -0.4 is 19.8 Å². The standard InChI is InChI=1S/C24H24N4O7/c1-15(29)16-3-5-17(6-4-16)25-22(30)13-21-23(31)27(11-12-34-21)14-20-24(32)35-26-28(20)18-7-9-19(33-2)10-8-18/h3-10,21H,11-14H2,1-2H3,(H-,25,26,29,30,32). The molecule has 1 fully saturated rings. The first-order valence-electron chi connectivity index (χ1n) is 10.9. The van der Waals surface area contributed by atoms with Gasteiger partial charge in [0.15, 0.2) is 11.7 Å². The van der Waals surface area contributed by atoms with E-state index in [4.69, 9.17) is 14.0 Å². The Morgan fingerprint density at radius 2 is 1.91 bits per heavy atom. The van der Waals surface area contributed by atoms with Gasteiger partial charge in [-0.05, 0) is 48.0 Å². The Labute approximate surface area is 200 Å². The molecule has 1 aliphatic rings. The Balaban J connectivity index is 1.41. The first-order valence-corrected chi connectivity index (χ1v) is 10.9. The number of morpholine rings is 1. The summed E-state index contributed by atoms with van der Waals surface area (Å²) >= 11 is 0. The van der Waals surface area contributed by atoms with E-state index in [0.29, 0.717) is 22.7 Å². The van der Waals surface area contributed by atoms with Gasteiger partial charge in [-0.2, -0.15) is 0 Å². The number of rotatable bonds is 8. The molecule has 35 heavy (non-hydrogen) atoms. The summed E-state index contributed by atoms with van der Waals surface area (Å²) in [5, 5.41) is 18.8. The third kappa shape index (κ3) is 5.46. The molecule has 11 nitrogen and oxygen atoms in total. The van der Waals surface area contributed by atoms with E-state index in [1.807, 2.05) is 0 Å². The maximum atomic E-state index is 13.0. The van der Waals surface area contributed by atoms with Gasteiger partial charge >= 0.3 is 0 Å². The number of ether oxygens (including phenoxy) is 2. The SMILES string of the molecule is COc1ccc(-[n+]2noc([O-])c2CN2CCOC(CC(=O)Nc3ccc(C(C)=O)cc3)C2=O)cc1. The second-order valence-corrected chi connectivity index (χ2v) is 7.92. The molecular formula is C24H24N4O7. The predicted molar refractivity (Wildman–Crippen MR) is 119 cm³/mol. The van der Waals surface area contributed by atoms with Gasteiger partial charge in [-0.1, -0.05) is 0 Å². The summed E-state index contributed by atoms with van der Waals surface area (Å²) in [7, 11) is 1.55. The van der Waals surface area contributed by atoms with Crippen LogP contribution in [-0.2, 0) is 20.9 Å². The van der Waals surface area contributed by atoms with Crippen molar-refractivity contribution in [2.75, 3.05) is 25.6 Å². The molecular weight excluding hydrogens is 456 g/mol. The maximum Gasteiger partial charge on any atom is 0.259 e. The number of amides is 2. The first-order chi connectivity index (χ1) is 16.9. The molecule has 0 bridgehead atoms. The van der Waals surface area contributed by atoms with E-state index >= 15 is 0 Å². The molecule has 0 aliphatic carbocycles. The molecule has 1 aliphatic heterocycles. The third-order valence-corrected chi connectivity index (χ3v) is 5.57. The molecule has 1 atom stereocenters. The van der Waals surface area contributed by atoms with E-state index in [9.17, 15) is 19.5 Å². The average molecular weight is 480 g/mol. The minimum absolute atomic E-state index is 0.0544. The lowest BCUT2D eigenvalue weighted by molar-refractivity contribution is -0.678. The van der Waals surface area contributed by atoms with Gasteiger partial charge in [-0.25, -0.2) is 0 Å². The van der Waals surface area contributed by atoms with Crippen molar-refractivity contribution in [3.63, 3.8) is 0 Å². The highest BCUT2D eigenvalue weighted by molar-refractivity contribution is 5.97. The zero-order valence-corrected chi connectivity index (χ0v) is 19.2. The minimum Gasteiger partial charge on any atom is -0.539 e. The molecule has 182 valence electrons. The number of methoxy groups -OCH3 is 1. The molecule has 1 saturated heterocycles. The topological polar surface area (TPSA) is 138 Å². The molecule has 4 rings (SSSR count). The van der Waals surface area contributed by atoms with Gasteiger partial charge in [-0.3, -0.25) is 14.4 Å². The first kappa shape index (κ1) is 23.9. The highest BCUT2D eigenvalue weighted by atomic mass is 16.6. The van der Waals surface area contributed by atoms with Crippen molar-refractivity contribution >= 4 is 23.3 Å². The number of nitrogens with one attached hydrogen (secondary N) is 1. The summed E-state index contributed by atoms with van der Waals surface area (Å²) in [5.74, 6) is -0.931. The molecule has 0 saturated carbocycles. The fourth-order valence-corrected chi connectivity index (χ4v) is 3.67. The van der Waals surface area contributed by atoms with Crippen molar-refractivity contribution in [1.29, 1.82) is 0 Å². The van der Waals surface area contributed by atoms with Crippen molar-refractivity contribution < 1.29 is 38.2 Å². The van der Waals surface area contributed by atoms with Crippen LogP contribution in [0.5, 0.6) is 11.7 Å². The fraction of sp³-hybridized carbons (Fsp3) is 0.292. The predicted octanol–water partition coefficient (Wildman–Crippen LogP) is 0.992. The molecule has 2 amide bonds. The summed E-state index contributed by atoms with van der Waals surface area (Å²) in [6, 6.07) is 13.3. The molecule has 1 N–H and O–H groups in total. The fourth-order valence-electron chi connectivity index (χ4n) is 3.67. The van der Waals surface area contributed by atoms with E-state index in [1.54, 1.807) is 55.6 Å². The molecule has 0 spiro atoms.